The highest BCUT2D eigenvalue weighted by Gasteiger charge is 2.33. The zero-order valence-corrected chi connectivity index (χ0v) is 17.4. The number of rotatable bonds is 7. The molecule has 6 nitrogen and oxygen atoms in total. The molecule has 1 aliphatic rings. The van der Waals surface area contributed by atoms with E-state index < -0.39 is 17.8 Å². The monoisotopic (exact) mass is 436 g/mol. The molecular formula is C22H27F3N4O2. The van der Waals surface area contributed by atoms with Crippen molar-refractivity contribution >= 4 is 17.4 Å². The van der Waals surface area contributed by atoms with Crippen molar-refractivity contribution in [1.29, 1.82) is 0 Å². The van der Waals surface area contributed by atoms with Gasteiger partial charge < -0.3 is 20.3 Å². The number of carbonyl (C=O) groups excluding carboxylic acids is 1. The molecule has 1 saturated heterocycles. The molecular weight excluding hydrogens is 409 g/mol. The van der Waals surface area contributed by atoms with Crippen molar-refractivity contribution in [2.45, 2.75) is 12.6 Å². The van der Waals surface area contributed by atoms with E-state index in [1.165, 1.54) is 18.2 Å². The Morgan fingerprint density at radius 3 is 2.42 bits per heavy atom. The van der Waals surface area contributed by atoms with Gasteiger partial charge in [0.05, 0.1) is 24.0 Å². The molecule has 168 valence electrons. The van der Waals surface area contributed by atoms with Crippen LogP contribution in [0.1, 0.15) is 12.0 Å². The third kappa shape index (κ3) is 6.27. The van der Waals surface area contributed by atoms with Crippen LogP contribution in [0.25, 0.3) is 0 Å². The third-order valence-corrected chi connectivity index (χ3v) is 5.22. The Bertz CT molecular complexity index is 868. The van der Waals surface area contributed by atoms with Gasteiger partial charge in [0, 0.05) is 32.7 Å². The molecule has 0 aliphatic carbocycles. The number of nitrogens with zero attached hydrogens (tertiary/aromatic N) is 2. The summed E-state index contributed by atoms with van der Waals surface area (Å²) in [5, 5.41) is 4.92. The van der Waals surface area contributed by atoms with E-state index >= 15 is 0 Å². The Morgan fingerprint density at radius 2 is 1.71 bits per heavy atom. The molecule has 0 radical (unpaired) electrons. The Kier molecular flexibility index (Phi) is 7.62. The number of halogens is 3. The number of nitrogens with one attached hydrogen (secondary N) is 2. The lowest BCUT2D eigenvalue weighted by Crippen LogP contribution is -2.47. The molecule has 2 aromatic rings. The molecule has 0 unspecified atom stereocenters. The minimum absolute atomic E-state index is 0.250. The van der Waals surface area contributed by atoms with Crippen LogP contribution in [-0.4, -0.2) is 57.3 Å². The van der Waals surface area contributed by atoms with E-state index in [2.05, 4.69) is 20.4 Å². The second-order valence-corrected chi connectivity index (χ2v) is 7.28. The summed E-state index contributed by atoms with van der Waals surface area (Å²) in [5.74, 6) is 0.859. The number of para-hydroxylation sites is 3. The lowest BCUT2D eigenvalue weighted by molar-refractivity contribution is -0.136. The zero-order valence-electron chi connectivity index (χ0n) is 17.4. The molecule has 1 heterocycles. The van der Waals surface area contributed by atoms with Crippen LogP contribution < -0.4 is 20.3 Å². The van der Waals surface area contributed by atoms with Gasteiger partial charge in [-0.1, -0.05) is 24.3 Å². The fourth-order valence-electron chi connectivity index (χ4n) is 3.61. The molecule has 9 heteroatoms. The predicted molar refractivity (Wildman–Crippen MR) is 115 cm³/mol. The molecule has 2 amide bonds. The number of methoxy groups -OCH3 is 1. The van der Waals surface area contributed by atoms with Crippen LogP contribution in [0.4, 0.5) is 29.3 Å². The smallest absolute Gasteiger partial charge is 0.418 e. The average Bonchev–Trinajstić information content (AvgIpc) is 2.77. The van der Waals surface area contributed by atoms with E-state index in [4.69, 9.17) is 4.74 Å². The number of alkyl halides is 3. The number of benzene rings is 2. The van der Waals surface area contributed by atoms with Gasteiger partial charge >= 0.3 is 12.2 Å². The van der Waals surface area contributed by atoms with Gasteiger partial charge in [-0.05, 0) is 37.2 Å². The van der Waals surface area contributed by atoms with Crippen LogP contribution >= 0.6 is 0 Å². The minimum Gasteiger partial charge on any atom is -0.495 e. The lowest BCUT2D eigenvalue weighted by Gasteiger charge is -2.36. The van der Waals surface area contributed by atoms with Gasteiger partial charge in [-0.15, -0.1) is 0 Å². The quantitative estimate of drug-likeness (QED) is 0.643. The molecule has 0 spiro atoms. The van der Waals surface area contributed by atoms with E-state index in [1.807, 2.05) is 24.3 Å². The molecule has 0 aromatic heterocycles. The summed E-state index contributed by atoms with van der Waals surface area (Å²) in [6, 6.07) is 12.2. The summed E-state index contributed by atoms with van der Waals surface area (Å²) < 4.78 is 44.4. The first-order valence-electron chi connectivity index (χ1n) is 10.2. The Hall–Kier alpha value is -2.94. The molecule has 0 saturated carbocycles. The normalized spacial score (nSPS) is 14.9. The largest absolute Gasteiger partial charge is 0.495 e. The SMILES string of the molecule is COc1ccccc1N1CCN(CCCNC(=O)Nc2ccccc2C(F)(F)F)CC1. The molecule has 1 aliphatic heterocycles. The zero-order chi connectivity index (χ0) is 22.3. The number of piperazine rings is 1. The number of carbonyl (C=O) groups is 1. The Balaban J connectivity index is 1.38. The van der Waals surface area contributed by atoms with Crippen molar-refractivity contribution in [2.75, 3.05) is 56.6 Å². The standard InChI is InChI=1S/C22H27F3N4O2/c1-31-20-10-5-4-9-19(20)29-15-13-28(14-16-29)12-6-11-26-21(30)27-18-8-3-2-7-17(18)22(23,24)25/h2-5,7-10H,6,11-16H2,1H3,(H2,26,27,30). The Morgan fingerprint density at radius 1 is 1.03 bits per heavy atom. The summed E-state index contributed by atoms with van der Waals surface area (Å²) in [7, 11) is 1.67. The summed E-state index contributed by atoms with van der Waals surface area (Å²) in [4.78, 5) is 16.6. The Labute approximate surface area is 180 Å². The number of hydrogen-bond acceptors (Lipinski definition) is 4. The highest BCUT2D eigenvalue weighted by molar-refractivity contribution is 5.90. The number of anilines is 2. The molecule has 3 rings (SSSR count). The molecule has 31 heavy (non-hydrogen) atoms. The number of ether oxygens (including phenoxy) is 1. The van der Waals surface area contributed by atoms with Gasteiger partial charge in [-0.3, -0.25) is 4.90 Å². The number of urea groups is 1. The van der Waals surface area contributed by atoms with E-state index in [-0.39, 0.29) is 5.69 Å². The van der Waals surface area contributed by atoms with Gasteiger partial charge in [-0.25, -0.2) is 4.79 Å². The molecule has 1 fully saturated rings. The van der Waals surface area contributed by atoms with Crippen molar-refractivity contribution in [3.8, 4) is 5.75 Å². The van der Waals surface area contributed by atoms with Crippen molar-refractivity contribution < 1.29 is 22.7 Å². The first-order chi connectivity index (χ1) is 14.9. The maximum atomic E-state index is 13.0. The molecule has 2 N–H and O–H groups in total. The van der Waals surface area contributed by atoms with Crippen LogP contribution in [0.3, 0.4) is 0 Å². The summed E-state index contributed by atoms with van der Waals surface area (Å²) >= 11 is 0. The fourth-order valence-corrected chi connectivity index (χ4v) is 3.61. The van der Waals surface area contributed by atoms with Crippen molar-refractivity contribution in [3.63, 3.8) is 0 Å². The molecule has 2 aromatic carbocycles. The topological polar surface area (TPSA) is 56.8 Å². The van der Waals surface area contributed by atoms with E-state index in [9.17, 15) is 18.0 Å². The fraction of sp³-hybridized carbons (Fsp3) is 0.409. The summed E-state index contributed by atoms with van der Waals surface area (Å²) in [5.41, 5.74) is -0.0276. The van der Waals surface area contributed by atoms with Crippen molar-refractivity contribution in [3.05, 3.63) is 54.1 Å². The van der Waals surface area contributed by atoms with Crippen LogP contribution in [0.15, 0.2) is 48.5 Å². The van der Waals surface area contributed by atoms with Crippen LogP contribution in [-0.2, 0) is 6.18 Å². The first kappa shape index (κ1) is 22.7. The maximum Gasteiger partial charge on any atom is 0.418 e. The van der Waals surface area contributed by atoms with Crippen molar-refractivity contribution in [1.82, 2.24) is 10.2 Å². The second-order valence-electron chi connectivity index (χ2n) is 7.28. The maximum absolute atomic E-state index is 13.0. The van der Waals surface area contributed by atoms with Crippen LogP contribution in [0.5, 0.6) is 5.75 Å². The van der Waals surface area contributed by atoms with E-state index in [1.54, 1.807) is 7.11 Å². The van der Waals surface area contributed by atoms with E-state index in [0.29, 0.717) is 13.0 Å². The van der Waals surface area contributed by atoms with Gasteiger partial charge in [0.25, 0.3) is 0 Å². The minimum atomic E-state index is -4.52. The van der Waals surface area contributed by atoms with Gasteiger partial charge in [-0.2, -0.15) is 13.2 Å². The second kappa shape index (κ2) is 10.4. The van der Waals surface area contributed by atoms with Crippen LogP contribution in [0.2, 0.25) is 0 Å². The number of hydrogen-bond donors (Lipinski definition) is 2. The van der Waals surface area contributed by atoms with Gasteiger partial charge in [0.1, 0.15) is 5.75 Å². The first-order valence-corrected chi connectivity index (χ1v) is 10.2. The average molecular weight is 436 g/mol. The molecule has 0 bridgehead atoms. The summed E-state index contributed by atoms with van der Waals surface area (Å²) in [6.07, 6.45) is -3.81. The summed E-state index contributed by atoms with van der Waals surface area (Å²) in [6.45, 7) is 4.73. The lowest BCUT2D eigenvalue weighted by atomic mass is 10.1. The van der Waals surface area contributed by atoms with Gasteiger partial charge in [0.2, 0.25) is 0 Å². The van der Waals surface area contributed by atoms with Crippen LogP contribution in [0, 0.1) is 0 Å². The number of amides is 2. The van der Waals surface area contributed by atoms with Crippen molar-refractivity contribution in [2.24, 2.45) is 0 Å². The van der Waals surface area contributed by atoms with E-state index in [0.717, 1.165) is 50.2 Å². The predicted octanol–water partition coefficient (Wildman–Crippen LogP) is 4.05. The highest BCUT2D eigenvalue weighted by Crippen LogP contribution is 2.34. The van der Waals surface area contributed by atoms with Gasteiger partial charge in [0.15, 0.2) is 0 Å². The molecule has 0 atom stereocenters. The highest BCUT2D eigenvalue weighted by atomic mass is 19.4. The third-order valence-electron chi connectivity index (χ3n) is 5.22.